The van der Waals surface area contributed by atoms with E-state index in [9.17, 15) is 18.0 Å². The van der Waals surface area contributed by atoms with Gasteiger partial charge in [-0.05, 0) is 31.3 Å². The van der Waals surface area contributed by atoms with Crippen molar-refractivity contribution in [3.63, 3.8) is 0 Å². The van der Waals surface area contributed by atoms with Crippen LogP contribution in [0.4, 0.5) is 0 Å². The van der Waals surface area contributed by atoms with Crippen molar-refractivity contribution in [2.75, 3.05) is 46.8 Å². The first kappa shape index (κ1) is 27.1. The lowest BCUT2D eigenvalue weighted by Gasteiger charge is -2.40. The molecule has 39 heavy (non-hydrogen) atoms. The molecule has 2 aromatic heterocycles. The van der Waals surface area contributed by atoms with Crippen LogP contribution in [0, 0.1) is 11.3 Å². The summed E-state index contributed by atoms with van der Waals surface area (Å²) in [5.74, 6) is -0.312. The quantitative estimate of drug-likeness (QED) is 0.438. The largest absolute Gasteiger partial charge is 0.436 e. The molecule has 0 spiro atoms. The molecule has 206 valence electrons. The maximum atomic E-state index is 13.6. The maximum Gasteiger partial charge on any atom is 0.310 e. The molecule has 2 amide bonds. The first-order chi connectivity index (χ1) is 18.6. The third kappa shape index (κ3) is 5.38. The number of aromatic nitrogens is 2. The van der Waals surface area contributed by atoms with Crippen molar-refractivity contribution in [3.05, 3.63) is 46.6 Å². The lowest BCUT2D eigenvalue weighted by atomic mass is 10.1. The third-order valence-electron chi connectivity index (χ3n) is 7.13. The van der Waals surface area contributed by atoms with E-state index in [1.807, 2.05) is 13.1 Å². The summed E-state index contributed by atoms with van der Waals surface area (Å²) in [4.78, 5) is 38.6. The fourth-order valence-corrected chi connectivity index (χ4v) is 6.60. The van der Waals surface area contributed by atoms with Crippen LogP contribution < -0.4 is 0 Å². The molecule has 0 saturated carbocycles. The number of carbonyl (C=O) groups excluding carboxylic acids is 2. The third-order valence-corrected chi connectivity index (χ3v) is 9.15. The van der Waals surface area contributed by atoms with Gasteiger partial charge in [0.25, 0.3) is 15.9 Å². The van der Waals surface area contributed by atoms with E-state index in [1.54, 1.807) is 18.2 Å². The van der Waals surface area contributed by atoms with Gasteiger partial charge in [-0.15, -0.1) is 0 Å². The maximum absolute atomic E-state index is 13.6. The molecule has 2 aliphatic rings. The highest BCUT2D eigenvalue weighted by Gasteiger charge is 2.40. The molecule has 1 N–H and O–H groups in total. The molecule has 5 rings (SSSR count). The van der Waals surface area contributed by atoms with Crippen LogP contribution in [-0.4, -0.2) is 102 Å². The number of nitrogens with zero attached hydrogens (tertiary/aromatic N) is 6. The molecule has 0 aliphatic carbocycles. The van der Waals surface area contributed by atoms with Crippen molar-refractivity contribution < 1.29 is 22.4 Å². The van der Waals surface area contributed by atoms with Gasteiger partial charge in [0, 0.05) is 62.0 Å². The fraction of sp³-hybridized carbons (Fsp3) is 0.440. The number of likely N-dealkylation sites (N-methyl/N-ethyl adjacent to an activating group) is 1. The Labute approximate surface area is 230 Å². The van der Waals surface area contributed by atoms with Crippen molar-refractivity contribution in [2.24, 2.45) is 0 Å². The Morgan fingerprint density at radius 2 is 2.08 bits per heavy atom. The molecule has 14 heteroatoms. The highest BCUT2D eigenvalue weighted by molar-refractivity contribution is 7.89. The lowest BCUT2D eigenvalue weighted by molar-refractivity contribution is -0.130. The number of hydrogen-bond donors (Lipinski definition) is 1. The second kappa shape index (κ2) is 10.6. The first-order valence-electron chi connectivity index (χ1n) is 12.4. The number of sulfonamides is 1. The van der Waals surface area contributed by atoms with Crippen LogP contribution in [0.2, 0.25) is 5.02 Å². The predicted octanol–water partition coefficient (Wildman–Crippen LogP) is 1.68. The first-order valence-corrected chi connectivity index (χ1v) is 14.3. The number of benzene rings is 1. The number of rotatable bonds is 6. The summed E-state index contributed by atoms with van der Waals surface area (Å²) in [6.45, 7) is 1.16. The predicted molar refractivity (Wildman–Crippen MR) is 141 cm³/mol. The fourth-order valence-electron chi connectivity index (χ4n) is 4.93. The standard InChI is InChI=1S/C25H28ClN7O5S/c1-30-7-5-20-21(15-30)38-24(29-20)25(35)33-10-9-32(14-18(33)13-23(34)31(2)8-6-27)39(36,37)22-12-16-11-17(26)3-4-19(16)28-22/h3-4,11-12,18,28H,5,7-10,13-15H2,1-2H3. The van der Waals surface area contributed by atoms with E-state index in [1.165, 1.54) is 27.2 Å². The number of hydrogen-bond acceptors (Lipinski definition) is 8. The van der Waals surface area contributed by atoms with Gasteiger partial charge in [-0.25, -0.2) is 13.4 Å². The van der Waals surface area contributed by atoms with Gasteiger partial charge in [0.15, 0.2) is 0 Å². The molecule has 1 atom stereocenters. The molecule has 0 bridgehead atoms. The van der Waals surface area contributed by atoms with Crippen LogP contribution in [0.25, 0.3) is 10.9 Å². The summed E-state index contributed by atoms with van der Waals surface area (Å²) in [7, 11) is -0.542. The molecule has 1 fully saturated rings. The summed E-state index contributed by atoms with van der Waals surface area (Å²) >= 11 is 6.06. The molecular weight excluding hydrogens is 546 g/mol. The molecule has 3 aromatic rings. The van der Waals surface area contributed by atoms with Crippen LogP contribution in [0.1, 0.15) is 28.6 Å². The Morgan fingerprint density at radius 3 is 2.85 bits per heavy atom. The van der Waals surface area contributed by atoms with Crippen LogP contribution >= 0.6 is 11.6 Å². The van der Waals surface area contributed by atoms with Crippen molar-refractivity contribution in [3.8, 4) is 6.07 Å². The highest BCUT2D eigenvalue weighted by atomic mass is 35.5. The van der Waals surface area contributed by atoms with Crippen LogP contribution in [0.15, 0.2) is 33.7 Å². The SMILES string of the molecule is CN1CCc2nc(C(=O)N3CCN(S(=O)(=O)c4cc5cc(Cl)ccc5[nH]4)CC3CC(=O)N(C)CC#N)oc2C1. The number of halogens is 1. The molecule has 1 unspecified atom stereocenters. The Morgan fingerprint density at radius 1 is 1.28 bits per heavy atom. The summed E-state index contributed by atoms with van der Waals surface area (Å²) in [6, 6.07) is 7.69. The Hall–Kier alpha value is -3.44. The lowest BCUT2D eigenvalue weighted by Crippen LogP contribution is -2.57. The van der Waals surface area contributed by atoms with Gasteiger partial charge in [0.1, 0.15) is 17.3 Å². The van der Waals surface area contributed by atoms with Crippen molar-refractivity contribution in [1.29, 1.82) is 5.26 Å². The van der Waals surface area contributed by atoms with Crippen molar-refractivity contribution in [1.82, 2.24) is 29.0 Å². The molecule has 4 heterocycles. The highest BCUT2D eigenvalue weighted by Crippen LogP contribution is 2.28. The van der Waals surface area contributed by atoms with E-state index >= 15 is 0 Å². The summed E-state index contributed by atoms with van der Waals surface area (Å²) in [5, 5.41) is 10.1. The molecular formula is C25H28ClN7O5S. The smallest absolute Gasteiger partial charge is 0.310 e. The Kier molecular flexibility index (Phi) is 7.39. The van der Waals surface area contributed by atoms with Gasteiger partial charge >= 0.3 is 5.91 Å². The van der Waals surface area contributed by atoms with E-state index in [4.69, 9.17) is 21.3 Å². The minimum Gasteiger partial charge on any atom is -0.436 e. The van der Waals surface area contributed by atoms with Gasteiger partial charge in [-0.3, -0.25) is 14.5 Å². The van der Waals surface area contributed by atoms with E-state index in [-0.39, 0.29) is 49.4 Å². The number of nitrogens with one attached hydrogen (secondary N) is 1. The summed E-state index contributed by atoms with van der Waals surface area (Å²) < 4.78 is 34.3. The number of carbonyl (C=O) groups is 2. The molecule has 12 nitrogen and oxygen atoms in total. The van der Waals surface area contributed by atoms with Gasteiger partial charge < -0.3 is 19.2 Å². The van der Waals surface area contributed by atoms with Gasteiger partial charge in [0.2, 0.25) is 5.91 Å². The Bertz CT molecular complexity index is 1580. The van der Waals surface area contributed by atoms with E-state index in [0.717, 1.165) is 12.2 Å². The van der Waals surface area contributed by atoms with Gasteiger partial charge in [-0.1, -0.05) is 11.6 Å². The number of H-pyrrole nitrogens is 1. The van der Waals surface area contributed by atoms with Gasteiger partial charge in [0.05, 0.1) is 24.3 Å². The average molecular weight is 574 g/mol. The Balaban J connectivity index is 1.42. The van der Waals surface area contributed by atoms with Crippen molar-refractivity contribution in [2.45, 2.75) is 30.5 Å². The van der Waals surface area contributed by atoms with E-state index in [2.05, 4.69) is 14.9 Å². The number of nitriles is 1. The number of amides is 2. The average Bonchev–Trinajstić information content (AvgIpc) is 3.52. The van der Waals surface area contributed by atoms with Crippen LogP contribution in [-0.2, 0) is 27.8 Å². The normalized spacial score (nSPS) is 18.6. The molecule has 0 radical (unpaired) electrons. The van der Waals surface area contributed by atoms with Crippen molar-refractivity contribution >= 4 is 44.3 Å². The zero-order chi connectivity index (χ0) is 27.9. The minimum atomic E-state index is -3.98. The second-order valence-corrected chi connectivity index (χ2v) is 12.2. The van der Waals surface area contributed by atoms with E-state index < -0.39 is 22.0 Å². The van der Waals surface area contributed by atoms with Crippen LogP contribution in [0.3, 0.4) is 0 Å². The molecule has 1 saturated heterocycles. The second-order valence-electron chi connectivity index (χ2n) is 9.87. The van der Waals surface area contributed by atoms with E-state index in [0.29, 0.717) is 34.7 Å². The number of piperazine rings is 1. The number of fused-ring (bicyclic) bond motifs is 2. The monoisotopic (exact) mass is 573 g/mol. The summed E-state index contributed by atoms with van der Waals surface area (Å²) in [6.07, 6.45) is 0.493. The number of oxazole rings is 1. The molecule has 1 aromatic carbocycles. The van der Waals surface area contributed by atoms with Crippen LogP contribution in [0.5, 0.6) is 0 Å². The zero-order valence-electron chi connectivity index (χ0n) is 21.6. The van der Waals surface area contributed by atoms with Gasteiger partial charge in [-0.2, -0.15) is 9.57 Å². The number of aromatic amines is 1. The zero-order valence-corrected chi connectivity index (χ0v) is 23.1. The molecule has 2 aliphatic heterocycles. The minimum absolute atomic E-state index is 0.00397. The summed E-state index contributed by atoms with van der Waals surface area (Å²) in [5.41, 5.74) is 1.35. The topological polar surface area (TPSA) is 147 Å².